The van der Waals surface area contributed by atoms with Crippen molar-refractivity contribution < 1.29 is 0 Å². The quantitative estimate of drug-likeness (QED) is 0.262. The summed E-state index contributed by atoms with van der Waals surface area (Å²) in [7, 11) is 3.99. The van der Waals surface area contributed by atoms with Crippen molar-refractivity contribution >= 4 is 91.4 Å². The second-order valence-electron chi connectivity index (χ2n) is 6.53. The van der Waals surface area contributed by atoms with Crippen LogP contribution in [0.5, 0.6) is 0 Å². The highest BCUT2D eigenvalue weighted by atomic mass is 35.5. The van der Waals surface area contributed by atoms with Crippen molar-refractivity contribution in [3.63, 3.8) is 0 Å². The summed E-state index contributed by atoms with van der Waals surface area (Å²) < 4.78 is 0. The van der Waals surface area contributed by atoms with Gasteiger partial charge in [0.2, 0.25) is 0 Å². The summed E-state index contributed by atoms with van der Waals surface area (Å²) in [5, 5.41) is 6.92. The van der Waals surface area contributed by atoms with Gasteiger partial charge in [-0.2, -0.15) is 0 Å². The third kappa shape index (κ3) is 4.55. The number of hydrogen-bond acceptors (Lipinski definition) is 8. The first-order valence-corrected chi connectivity index (χ1v) is 11.9. The van der Waals surface area contributed by atoms with E-state index in [1.54, 1.807) is 5.38 Å². The van der Waals surface area contributed by atoms with Gasteiger partial charge in [-0.15, -0.1) is 11.3 Å². The molecule has 0 bridgehead atoms. The summed E-state index contributed by atoms with van der Waals surface area (Å²) in [5.74, 6) is 0.376. The Kier molecular flexibility index (Phi) is 6.48. The molecule has 3 aromatic heterocycles. The smallest absolute Gasteiger partial charge is 0.189 e. The molecule has 0 saturated carbocycles. The lowest BCUT2D eigenvalue weighted by atomic mass is 10.2. The Labute approximate surface area is 206 Å². The molecule has 0 radical (unpaired) electrons. The molecule has 0 fully saturated rings. The SMILES string of the molecule is CN(C)c1ccc(Nc2nc(N)c(-c3nc(-c4c(Cl)c(Cl)nc(Cl)c4Cl)cs3)s2)cc1. The van der Waals surface area contributed by atoms with Gasteiger partial charge in [-0.25, -0.2) is 15.0 Å². The van der Waals surface area contributed by atoms with Crippen molar-refractivity contribution in [3.8, 4) is 21.1 Å². The molecule has 0 amide bonds. The zero-order chi connectivity index (χ0) is 22.3. The van der Waals surface area contributed by atoms with Gasteiger partial charge in [-0.05, 0) is 24.3 Å². The first-order valence-electron chi connectivity index (χ1n) is 8.71. The van der Waals surface area contributed by atoms with E-state index in [1.807, 2.05) is 43.3 Å². The number of nitrogens with one attached hydrogen (secondary N) is 1. The average Bonchev–Trinajstić information content (AvgIpc) is 3.34. The Morgan fingerprint density at radius 3 is 2.19 bits per heavy atom. The predicted octanol–water partition coefficient (Wildman–Crippen LogP) is 7.33. The largest absolute Gasteiger partial charge is 0.382 e. The maximum Gasteiger partial charge on any atom is 0.189 e. The van der Waals surface area contributed by atoms with Crippen LogP contribution in [0.4, 0.5) is 22.3 Å². The second kappa shape index (κ2) is 8.97. The lowest BCUT2D eigenvalue weighted by Gasteiger charge is -2.12. The summed E-state index contributed by atoms with van der Waals surface area (Å²) in [4.78, 5) is 15.7. The average molecular weight is 532 g/mol. The van der Waals surface area contributed by atoms with Gasteiger partial charge in [-0.3, -0.25) is 0 Å². The summed E-state index contributed by atoms with van der Waals surface area (Å²) in [6.07, 6.45) is 0. The van der Waals surface area contributed by atoms with Crippen LogP contribution in [0.3, 0.4) is 0 Å². The second-order valence-corrected chi connectivity index (χ2v) is 9.86. The Morgan fingerprint density at radius 1 is 0.935 bits per heavy atom. The number of nitrogen functional groups attached to an aromatic ring is 1. The number of thiazole rings is 2. The molecule has 1 aromatic carbocycles. The van der Waals surface area contributed by atoms with Crippen LogP contribution >= 0.6 is 69.1 Å². The third-order valence-corrected chi connectivity index (χ3v) is 7.70. The molecule has 4 rings (SSSR count). The van der Waals surface area contributed by atoms with Crippen molar-refractivity contribution in [1.29, 1.82) is 0 Å². The predicted molar refractivity (Wildman–Crippen MR) is 135 cm³/mol. The van der Waals surface area contributed by atoms with Crippen LogP contribution in [-0.4, -0.2) is 29.0 Å². The number of nitrogens with two attached hydrogens (primary N) is 1. The van der Waals surface area contributed by atoms with Crippen molar-refractivity contribution in [3.05, 3.63) is 50.0 Å². The number of hydrogen-bond donors (Lipinski definition) is 2. The number of nitrogens with zero attached hydrogens (tertiary/aromatic N) is 4. The van der Waals surface area contributed by atoms with E-state index >= 15 is 0 Å². The molecule has 0 aliphatic heterocycles. The summed E-state index contributed by atoms with van der Waals surface area (Å²) >= 11 is 27.5. The molecule has 4 aromatic rings. The van der Waals surface area contributed by atoms with Crippen LogP contribution in [0.15, 0.2) is 29.6 Å². The Hall–Kier alpha value is -1.81. The van der Waals surface area contributed by atoms with Gasteiger partial charge >= 0.3 is 0 Å². The minimum atomic E-state index is 0.0599. The van der Waals surface area contributed by atoms with E-state index in [-0.39, 0.29) is 20.4 Å². The molecule has 160 valence electrons. The topological polar surface area (TPSA) is 80.0 Å². The van der Waals surface area contributed by atoms with Crippen LogP contribution in [0.25, 0.3) is 21.1 Å². The molecule has 6 nitrogen and oxygen atoms in total. The van der Waals surface area contributed by atoms with Crippen LogP contribution in [0.1, 0.15) is 0 Å². The zero-order valence-corrected chi connectivity index (χ0v) is 20.7. The maximum atomic E-state index is 6.30. The van der Waals surface area contributed by atoms with Gasteiger partial charge < -0.3 is 16.0 Å². The Balaban J connectivity index is 1.63. The fraction of sp³-hybridized carbons (Fsp3) is 0.105. The van der Waals surface area contributed by atoms with Gasteiger partial charge in [0, 0.05) is 36.4 Å². The number of aromatic nitrogens is 3. The standard InChI is InChI=1S/C19H14Cl4N6S2/c1-29(2)9-5-3-8(4-6-9)25-19-28-17(24)14(31-19)18-26-10(7-30-18)11-12(20)15(22)27-16(23)13(11)21/h3-7H,24H2,1-2H3,(H,25,28). The van der Waals surface area contributed by atoms with Crippen molar-refractivity contribution in [2.75, 3.05) is 30.0 Å². The maximum absolute atomic E-state index is 6.30. The van der Waals surface area contributed by atoms with Crippen molar-refractivity contribution in [2.45, 2.75) is 0 Å². The van der Waals surface area contributed by atoms with Crippen LogP contribution < -0.4 is 16.0 Å². The van der Waals surface area contributed by atoms with Gasteiger partial charge in [0.15, 0.2) is 5.13 Å². The van der Waals surface area contributed by atoms with E-state index in [0.29, 0.717) is 27.2 Å². The van der Waals surface area contributed by atoms with Gasteiger partial charge in [0.25, 0.3) is 0 Å². The van der Waals surface area contributed by atoms with E-state index < -0.39 is 0 Å². The molecular weight excluding hydrogens is 518 g/mol. The molecule has 0 aliphatic rings. The third-order valence-electron chi connectivity index (χ3n) is 4.24. The fourth-order valence-electron chi connectivity index (χ4n) is 2.71. The molecule has 0 aliphatic carbocycles. The minimum absolute atomic E-state index is 0.0599. The minimum Gasteiger partial charge on any atom is -0.382 e. The lowest BCUT2D eigenvalue weighted by Crippen LogP contribution is -2.08. The van der Waals surface area contributed by atoms with E-state index in [0.717, 1.165) is 16.3 Å². The van der Waals surface area contributed by atoms with Crippen LogP contribution in [0, 0.1) is 0 Å². The number of rotatable bonds is 5. The zero-order valence-electron chi connectivity index (χ0n) is 16.1. The number of anilines is 4. The van der Waals surface area contributed by atoms with Gasteiger partial charge in [0.1, 0.15) is 26.0 Å². The summed E-state index contributed by atoms with van der Waals surface area (Å²) in [6, 6.07) is 8.00. The van der Waals surface area contributed by atoms with Crippen LogP contribution in [0.2, 0.25) is 20.4 Å². The van der Waals surface area contributed by atoms with Crippen molar-refractivity contribution in [1.82, 2.24) is 15.0 Å². The van der Waals surface area contributed by atoms with Gasteiger partial charge in [-0.1, -0.05) is 57.7 Å². The number of pyridine rings is 1. The summed E-state index contributed by atoms with van der Waals surface area (Å²) in [5.41, 5.74) is 9.13. The highest BCUT2D eigenvalue weighted by molar-refractivity contribution is 7.23. The molecule has 0 saturated heterocycles. The van der Waals surface area contributed by atoms with E-state index in [2.05, 4.69) is 20.3 Å². The molecule has 0 atom stereocenters. The monoisotopic (exact) mass is 530 g/mol. The highest BCUT2D eigenvalue weighted by Crippen LogP contribution is 2.44. The molecule has 12 heteroatoms. The van der Waals surface area contributed by atoms with E-state index in [9.17, 15) is 0 Å². The van der Waals surface area contributed by atoms with E-state index in [4.69, 9.17) is 52.1 Å². The lowest BCUT2D eigenvalue weighted by molar-refractivity contribution is 1.13. The first-order chi connectivity index (χ1) is 14.7. The molecule has 0 spiro atoms. The highest BCUT2D eigenvalue weighted by Gasteiger charge is 2.21. The fourth-order valence-corrected chi connectivity index (χ4v) is 5.44. The molecule has 3 N–H and O–H groups in total. The first kappa shape index (κ1) is 22.4. The molecule has 3 heterocycles. The molecule has 0 unspecified atom stereocenters. The molecular formula is C19H14Cl4N6S2. The van der Waals surface area contributed by atoms with Crippen LogP contribution in [-0.2, 0) is 0 Å². The Morgan fingerprint density at radius 2 is 1.58 bits per heavy atom. The number of halogens is 4. The number of benzene rings is 1. The van der Waals surface area contributed by atoms with Gasteiger partial charge in [0.05, 0.1) is 15.7 Å². The summed E-state index contributed by atoms with van der Waals surface area (Å²) in [6.45, 7) is 0. The van der Waals surface area contributed by atoms with Crippen molar-refractivity contribution in [2.24, 2.45) is 0 Å². The molecule has 31 heavy (non-hydrogen) atoms. The Bertz CT molecular complexity index is 1230. The van der Waals surface area contributed by atoms with E-state index in [1.165, 1.54) is 22.7 Å². The normalized spacial score (nSPS) is 11.0.